The number of amides is 2. The van der Waals surface area contributed by atoms with E-state index in [9.17, 15) is 18.0 Å². The Bertz CT molecular complexity index is 1310. The smallest absolute Gasteiger partial charge is 0.345 e. The normalized spacial score (nSPS) is 19.5. The van der Waals surface area contributed by atoms with Crippen molar-refractivity contribution in [3.63, 3.8) is 0 Å². The third kappa shape index (κ3) is 3.45. The molecule has 10 nitrogen and oxygen atoms in total. The van der Waals surface area contributed by atoms with E-state index in [1.807, 2.05) is 30.3 Å². The van der Waals surface area contributed by atoms with Gasteiger partial charge in [0.25, 0.3) is 10.0 Å². The molecule has 0 saturated carbocycles. The molecule has 33 heavy (non-hydrogen) atoms. The van der Waals surface area contributed by atoms with E-state index in [-0.39, 0.29) is 23.7 Å². The van der Waals surface area contributed by atoms with Gasteiger partial charge in [-0.1, -0.05) is 48.5 Å². The first kappa shape index (κ1) is 21.2. The molecular weight excluding hydrogens is 448 g/mol. The fraction of sp³-hybridized carbons (Fsp3) is 0.227. The van der Waals surface area contributed by atoms with Crippen LogP contribution >= 0.6 is 0 Å². The van der Waals surface area contributed by atoms with Gasteiger partial charge in [-0.15, -0.1) is 0 Å². The monoisotopic (exact) mass is 468 g/mol. The quantitative estimate of drug-likeness (QED) is 0.510. The van der Waals surface area contributed by atoms with Gasteiger partial charge in [0, 0.05) is 11.8 Å². The number of carbonyl (C=O) groups excluding carboxylic acids is 2. The molecule has 2 atom stereocenters. The summed E-state index contributed by atoms with van der Waals surface area (Å²) in [4.78, 5) is 32.8. The van der Waals surface area contributed by atoms with Crippen LogP contribution < -0.4 is 0 Å². The number of methoxy groups -OCH3 is 1. The molecule has 0 N–H and O–H groups in total. The van der Waals surface area contributed by atoms with Crippen molar-refractivity contribution in [3.05, 3.63) is 83.7 Å². The molecule has 2 aromatic carbocycles. The van der Waals surface area contributed by atoms with Crippen LogP contribution in [-0.4, -0.2) is 53.2 Å². The lowest BCUT2D eigenvalue weighted by atomic mass is 9.98. The predicted molar refractivity (Wildman–Crippen MR) is 114 cm³/mol. The molecule has 0 spiro atoms. The first-order valence-corrected chi connectivity index (χ1v) is 11.6. The molecule has 5 rings (SSSR count). The number of urea groups is 1. The number of aromatic nitrogens is 2. The summed E-state index contributed by atoms with van der Waals surface area (Å²) in [6.45, 7) is 0.267. The van der Waals surface area contributed by atoms with Crippen molar-refractivity contribution in [2.45, 2.75) is 23.6 Å². The molecule has 3 heterocycles. The maximum atomic E-state index is 13.1. The minimum atomic E-state index is -4.00. The van der Waals surface area contributed by atoms with Gasteiger partial charge < -0.3 is 9.64 Å². The van der Waals surface area contributed by atoms with Crippen molar-refractivity contribution in [3.8, 4) is 0 Å². The second kappa shape index (κ2) is 8.01. The molecule has 1 aromatic heterocycles. The van der Waals surface area contributed by atoms with Crippen LogP contribution in [0, 0.1) is 0 Å². The number of nitrogens with zero attached hydrogens (tertiary/aromatic N) is 4. The number of rotatable bonds is 6. The number of hydrogen-bond acceptors (Lipinski definition) is 7. The lowest BCUT2D eigenvalue weighted by Crippen LogP contribution is -2.39. The molecule has 1 saturated heterocycles. The second-order valence-electron chi connectivity index (χ2n) is 7.62. The standard InChI is InChI=1S/C22H20N4O6S/c1-31-21(27)20-19-17(12-25(23-19)33(29,30)16-10-6-3-7-11-16)18-13-24(20)22(28)26(18)32-14-15-8-4-2-5-9-15/h2-12,18,20H,13-14H2,1H3/t18-,20-/m0/s1. The van der Waals surface area contributed by atoms with Crippen LogP contribution in [0.4, 0.5) is 4.79 Å². The largest absolute Gasteiger partial charge is 0.467 e. The van der Waals surface area contributed by atoms with Gasteiger partial charge in [0.15, 0.2) is 6.04 Å². The number of benzene rings is 2. The number of hydroxylamine groups is 2. The van der Waals surface area contributed by atoms with Gasteiger partial charge in [0.05, 0.1) is 18.6 Å². The Morgan fingerprint density at radius 2 is 1.76 bits per heavy atom. The number of esters is 1. The van der Waals surface area contributed by atoms with Crippen LogP contribution in [-0.2, 0) is 31.0 Å². The Kier molecular flexibility index (Phi) is 5.14. The summed E-state index contributed by atoms with van der Waals surface area (Å²) in [6, 6.07) is 14.8. The lowest BCUT2D eigenvalue weighted by Gasteiger charge is -2.27. The average molecular weight is 468 g/mol. The first-order chi connectivity index (χ1) is 15.9. The van der Waals surface area contributed by atoms with Crippen LogP contribution in [0.25, 0.3) is 0 Å². The van der Waals surface area contributed by atoms with Gasteiger partial charge in [-0.25, -0.2) is 9.59 Å². The highest BCUT2D eigenvalue weighted by Crippen LogP contribution is 2.44. The van der Waals surface area contributed by atoms with Crippen LogP contribution in [0.2, 0.25) is 0 Å². The highest BCUT2D eigenvalue weighted by atomic mass is 32.2. The van der Waals surface area contributed by atoms with E-state index >= 15 is 0 Å². The maximum absolute atomic E-state index is 13.1. The van der Waals surface area contributed by atoms with Crippen LogP contribution in [0.5, 0.6) is 0 Å². The first-order valence-electron chi connectivity index (χ1n) is 10.2. The molecule has 2 aliphatic heterocycles. The summed E-state index contributed by atoms with van der Waals surface area (Å²) in [5.74, 6) is -0.713. The zero-order chi connectivity index (χ0) is 23.2. The van der Waals surface area contributed by atoms with Crippen molar-refractivity contribution < 1.29 is 27.6 Å². The van der Waals surface area contributed by atoms with Gasteiger partial charge >= 0.3 is 12.0 Å². The molecule has 0 radical (unpaired) electrons. The van der Waals surface area contributed by atoms with Crippen LogP contribution in [0.15, 0.2) is 71.8 Å². The molecule has 3 aromatic rings. The number of fused-ring (bicyclic) bond motifs is 4. The Morgan fingerprint density at radius 1 is 1.09 bits per heavy atom. The summed E-state index contributed by atoms with van der Waals surface area (Å²) in [5, 5.41) is 5.41. The predicted octanol–water partition coefficient (Wildman–Crippen LogP) is 2.26. The van der Waals surface area contributed by atoms with Crippen molar-refractivity contribution >= 4 is 22.0 Å². The van der Waals surface area contributed by atoms with E-state index in [1.54, 1.807) is 18.2 Å². The van der Waals surface area contributed by atoms with Gasteiger partial charge in [0.2, 0.25) is 0 Å². The van der Waals surface area contributed by atoms with Crippen molar-refractivity contribution in [2.75, 3.05) is 13.7 Å². The summed E-state index contributed by atoms with van der Waals surface area (Å²) < 4.78 is 32.0. The molecule has 11 heteroatoms. The Hall–Kier alpha value is -3.70. The van der Waals surface area contributed by atoms with Gasteiger partial charge in [-0.2, -0.15) is 22.7 Å². The van der Waals surface area contributed by atoms with Crippen molar-refractivity contribution in [2.24, 2.45) is 0 Å². The van der Waals surface area contributed by atoms with Gasteiger partial charge in [-0.05, 0) is 17.7 Å². The third-order valence-electron chi connectivity index (χ3n) is 5.69. The minimum Gasteiger partial charge on any atom is -0.467 e. The van der Waals surface area contributed by atoms with E-state index < -0.39 is 34.1 Å². The third-order valence-corrected chi connectivity index (χ3v) is 7.24. The van der Waals surface area contributed by atoms with Crippen LogP contribution in [0.1, 0.15) is 28.9 Å². The summed E-state index contributed by atoms with van der Waals surface area (Å²) in [6.07, 6.45) is 1.34. The minimum absolute atomic E-state index is 0.0539. The molecule has 2 bridgehead atoms. The summed E-state index contributed by atoms with van der Waals surface area (Å²) >= 11 is 0. The number of carbonyl (C=O) groups is 2. The molecule has 0 aliphatic carbocycles. The second-order valence-corrected chi connectivity index (χ2v) is 9.42. The molecule has 2 aliphatic rings. The van der Waals surface area contributed by atoms with Gasteiger partial charge in [-0.3, -0.25) is 4.84 Å². The van der Waals surface area contributed by atoms with E-state index in [4.69, 9.17) is 9.57 Å². The average Bonchev–Trinajstić information content (AvgIpc) is 3.41. The highest BCUT2D eigenvalue weighted by Gasteiger charge is 2.53. The van der Waals surface area contributed by atoms with Crippen molar-refractivity contribution in [1.82, 2.24) is 19.1 Å². The SMILES string of the molecule is COC(=O)[C@@H]1c2nn(S(=O)(=O)c3ccccc3)cc2[C@@H]2CN1C(=O)N2OCc1ccccc1. The summed E-state index contributed by atoms with van der Waals surface area (Å²) in [7, 11) is -2.80. The Labute approximate surface area is 189 Å². The highest BCUT2D eigenvalue weighted by molar-refractivity contribution is 7.89. The number of hydrogen-bond donors (Lipinski definition) is 0. The summed E-state index contributed by atoms with van der Waals surface area (Å²) in [5.41, 5.74) is 1.42. The number of ether oxygens (including phenoxy) is 1. The Balaban J connectivity index is 1.54. The van der Waals surface area contributed by atoms with E-state index in [0.29, 0.717) is 5.56 Å². The van der Waals surface area contributed by atoms with Crippen LogP contribution in [0.3, 0.4) is 0 Å². The fourth-order valence-electron chi connectivity index (χ4n) is 4.07. The molecule has 1 fully saturated rings. The zero-order valence-electron chi connectivity index (χ0n) is 17.6. The van der Waals surface area contributed by atoms with E-state index in [0.717, 1.165) is 9.65 Å². The molecule has 170 valence electrons. The zero-order valence-corrected chi connectivity index (χ0v) is 18.4. The van der Waals surface area contributed by atoms with Crippen molar-refractivity contribution in [1.29, 1.82) is 0 Å². The molecular formula is C22H20N4O6S. The maximum Gasteiger partial charge on any atom is 0.345 e. The topological polar surface area (TPSA) is 111 Å². The fourth-order valence-corrected chi connectivity index (χ4v) is 5.24. The lowest BCUT2D eigenvalue weighted by molar-refractivity contribution is -0.146. The van der Waals surface area contributed by atoms with E-state index in [2.05, 4.69) is 5.10 Å². The molecule has 0 unspecified atom stereocenters. The Morgan fingerprint density at radius 3 is 2.42 bits per heavy atom. The van der Waals surface area contributed by atoms with Gasteiger partial charge in [0.1, 0.15) is 18.3 Å². The van der Waals surface area contributed by atoms with E-state index in [1.165, 1.54) is 35.4 Å². The molecule has 2 amide bonds.